The van der Waals surface area contributed by atoms with Crippen molar-refractivity contribution in [3.63, 3.8) is 0 Å². The van der Waals surface area contributed by atoms with Gasteiger partial charge >= 0.3 is 0 Å². The van der Waals surface area contributed by atoms with Crippen LogP contribution in [0.25, 0.3) is 11.1 Å². The van der Waals surface area contributed by atoms with Crippen molar-refractivity contribution >= 4 is 8.07 Å². The van der Waals surface area contributed by atoms with Crippen molar-refractivity contribution in [3.05, 3.63) is 82.1 Å². The molecule has 0 radical (unpaired) electrons. The van der Waals surface area contributed by atoms with Gasteiger partial charge in [0, 0.05) is 5.54 Å². The Morgan fingerprint density at radius 2 is 1.35 bits per heavy atom. The minimum atomic E-state index is -1.62. The van der Waals surface area contributed by atoms with Crippen LogP contribution in [0.3, 0.4) is 0 Å². The van der Waals surface area contributed by atoms with Gasteiger partial charge in [-0.05, 0) is 42.5 Å². The molecule has 0 aromatic heterocycles. The van der Waals surface area contributed by atoms with Crippen LogP contribution in [-0.4, -0.2) is 8.07 Å². The fourth-order valence-electron chi connectivity index (χ4n) is 4.65. The zero-order valence-electron chi connectivity index (χ0n) is 14.5. The zero-order valence-corrected chi connectivity index (χ0v) is 15.5. The Labute approximate surface area is 140 Å². The lowest BCUT2D eigenvalue weighted by Gasteiger charge is -2.34. The van der Waals surface area contributed by atoms with Gasteiger partial charge in [-0.1, -0.05) is 84.0 Å². The average Bonchev–Trinajstić information content (AvgIpc) is 3.06. The van der Waals surface area contributed by atoms with E-state index in [0.717, 1.165) is 6.42 Å². The summed E-state index contributed by atoms with van der Waals surface area (Å²) in [5, 5.41) is 1.74. The minimum absolute atomic E-state index is 0.583. The van der Waals surface area contributed by atoms with Gasteiger partial charge in [0.05, 0.1) is 8.07 Å². The Hall–Kier alpha value is -1.86. The summed E-state index contributed by atoms with van der Waals surface area (Å²) in [5.74, 6) is 0. The van der Waals surface area contributed by atoms with E-state index in [9.17, 15) is 0 Å². The van der Waals surface area contributed by atoms with Crippen LogP contribution in [0.2, 0.25) is 13.1 Å². The van der Waals surface area contributed by atoms with Crippen molar-refractivity contribution in [2.45, 2.75) is 38.9 Å². The first-order valence-electron chi connectivity index (χ1n) is 8.57. The number of hydrogen-bond acceptors (Lipinski definition) is 0. The number of allylic oxidation sites excluding steroid dienone is 4. The second-order valence-corrected chi connectivity index (χ2v) is 12.1. The molecule has 0 amide bonds. The van der Waals surface area contributed by atoms with Crippen molar-refractivity contribution in [2.24, 2.45) is 0 Å². The second-order valence-electron chi connectivity index (χ2n) is 7.52. The minimum Gasteiger partial charge on any atom is -0.0777 e. The van der Waals surface area contributed by atoms with E-state index in [-0.39, 0.29) is 0 Å². The maximum atomic E-state index is 2.57. The van der Waals surface area contributed by atoms with Crippen LogP contribution in [-0.2, 0) is 0 Å². The lowest BCUT2D eigenvalue weighted by atomic mass is 10.1. The summed E-state index contributed by atoms with van der Waals surface area (Å²) in [6.45, 7) is 9.74. The lowest BCUT2D eigenvalue weighted by molar-refractivity contribution is 1.10. The fourth-order valence-corrected chi connectivity index (χ4v) is 8.85. The Morgan fingerprint density at radius 3 is 1.83 bits per heavy atom. The van der Waals surface area contributed by atoms with Gasteiger partial charge in [-0.25, -0.2) is 0 Å². The van der Waals surface area contributed by atoms with E-state index in [1.165, 1.54) is 16.7 Å². The summed E-state index contributed by atoms with van der Waals surface area (Å²) in [5.41, 5.74) is 9.64. The molecule has 0 aliphatic heterocycles. The molecule has 4 rings (SSSR count). The molecule has 0 saturated carbocycles. The van der Waals surface area contributed by atoms with Gasteiger partial charge in [-0.15, -0.1) is 0 Å². The van der Waals surface area contributed by atoms with E-state index in [4.69, 9.17) is 0 Å². The highest BCUT2D eigenvalue weighted by Gasteiger charge is 2.43. The van der Waals surface area contributed by atoms with Gasteiger partial charge in [0.2, 0.25) is 0 Å². The summed E-state index contributed by atoms with van der Waals surface area (Å²) in [6.07, 6.45) is 3.59. The molecule has 23 heavy (non-hydrogen) atoms. The predicted molar refractivity (Wildman–Crippen MR) is 102 cm³/mol. The van der Waals surface area contributed by atoms with Crippen LogP contribution >= 0.6 is 0 Å². The molecular weight excluding hydrogens is 292 g/mol. The zero-order chi connectivity index (χ0) is 16.2. The molecular formula is C22H24Si. The first-order valence-corrected chi connectivity index (χ1v) is 11.6. The van der Waals surface area contributed by atoms with Gasteiger partial charge in [0.15, 0.2) is 0 Å². The van der Waals surface area contributed by atoms with Gasteiger partial charge in [0.25, 0.3) is 0 Å². The van der Waals surface area contributed by atoms with Crippen LogP contribution in [0, 0.1) is 0 Å². The standard InChI is InChI=1S/C22H24Si/c1-15-13-14-21(16(15)2)23(3,4)22-19-11-7-5-9-17(19)18-10-6-8-12-20(18)22/h5-13,22H,14H2,1-4H3. The van der Waals surface area contributed by atoms with Crippen LogP contribution in [0.15, 0.2) is 70.9 Å². The highest BCUT2D eigenvalue weighted by Crippen LogP contribution is 2.52. The molecule has 0 heterocycles. The van der Waals surface area contributed by atoms with E-state index >= 15 is 0 Å². The number of rotatable bonds is 2. The van der Waals surface area contributed by atoms with Crippen LogP contribution < -0.4 is 0 Å². The van der Waals surface area contributed by atoms with Crippen LogP contribution in [0.5, 0.6) is 0 Å². The average molecular weight is 317 g/mol. The topological polar surface area (TPSA) is 0 Å². The van der Waals surface area contributed by atoms with Gasteiger partial charge in [-0.2, -0.15) is 0 Å². The first kappa shape index (κ1) is 14.7. The largest absolute Gasteiger partial charge is 0.0884 e. The van der Waals surface area contributed by atoms with Gasteiger partial charge in [0.1, 0.15) is 0 Å². The van der Waals surface area contributed by atoms with E-state index in [1.807, 2.05) is 0 Å². The van der Waals surface area contributed by atoms with Crippen molar-refractivity contribution in [3.8, 4) is 11.1 Å². The lowest BCUT2D eigenvalue weighted by Crippen LogP contribution is -2.37. The fraction of sp³-hybridized carbons (Fsp3) is 0.273. The molecule has 0 bridgehead atoms. The maximum Gasteiger partial charge on any atom is 0.0884 e. The van der Waals surface area contributed by atoms with E-state index in [1.54, 1.807) is 21.9 Å². The summed E-state index contributed by atoms with van der Waals surface area (Å²) >= 11 is 0. The maximum absolute atomic E-state index is 2.57. The molecule has 0 atom stereocenters. The van der Waals surface area contributed by atoms with Crippen LogP contribution in [0.4, 0.5) is 0 Å². The summed E-state index contributed by atoms with van der Waals surface area (Å²) in [6, 6.07) is 18.1. The van der Waals surface area contributed by atoms with Crippen molar-refractivity contribution in [1.29, 1.82) is 0 Å². The molecule has 1 heteroatoms. The highest BCUT2D eigenvalue weighted by molar-refractivity contribution is 6.86. The quantitative estimate of drug-likeness (QED) is 0.574. The van der Waals surface area contributed by atoms with Gasteiger partial charge < -0.3 is 0 Å². The van der Waals surface area contributed by atoms with Gasteiger partial charge in [-0.3, -0.25) is 0 Å². The molecule has 2 aliphatic rings. The molecule has 116 valence electrons. The molecule has 0 saturated heterocycles. The Bertz CT molecular complexity index is 806. The molecule has 2 aromatic carbocycles. The van der Waals surface area contributed by atoms with Crippen molar-refractivity contribution in [1.82, 2.24) is 0 Å². The Balaban J connectivity index is 1.93. The molecule has 2 aromatic rings. The summed E-state index contributed by atoms with van der Waals surface area (Å²) in [7, 11) is -1.62. The molecule has 0 spiro atoms. The van der Waals surface area contributed by atoms with E-state index < -0.39 is 8.07 Å². The smallest absolute Gasteiger partial charge is 0.0777 e. The van der Waals surface area contributed by atoms with Crippen LogP contribution in [0.1, 0.15) is 36.9 Å². The third kappa shape index (κ3) is 2.03. The molecule has 0 N–H and O–H groups in total. The summed E-state index contributed by atoms with van der Waals surface area (Å²) in [4.78, 5) is 0. The molecule has 0 unspecified atom stereocenters. The molecule has 0 fully saturated rings. The predicted octanol–water partition coefficient (Wildman–Crippen LogP) is 6.25. The van der Waals surface area contributed by atoms with Crippen molar-refractivity contribution < 1.29 is 0 Å². The normalized spacial score (nSPS) is 17.3. The van der Waals surface area contributed by atoms with E-state index in [2.05, 4.69) is 81.5 Å². The van der Waals surface area contributed by atoms with E-state index in [0.29, 0.717) is 5.54 Å². The summed E-state index contributed by atoms with van der Waals surface area (Å²) < 4.78 is 0. The third-order valence-electron chi connectivity index (χ3n) is 5.99. The monoisotopic (exact) mass is 316 g/mol. The number of benzene rings is 2. The Kier molecular flexibility index (Phi) is 3.24. The molecule has 0 nitrogen and oxygen atoms in total. The highest BCUT2D eigenvalue weighted by atomic mass is 28.3. The molecule has 2 aliphatic carbocycles. The number of fused-ring (bicyclic) bond motifs is 3. The SMILES string of the molecule is CC1=CCC([Si](C)(C)C2c3ccccc3-c3ccccc32)=C1C. The third-order valence-corrected chi connectivity index (χ3v) is 10.2. The van der Waals surface area contributed by atoms with Crippen molar-refractivity contribution in [2.75, 3.05) is 0 Å². The first-order chi connectivity index (χ1) is 11.0. The Morgan fingerprint density at radius 1 is 0.826 bits per heavy atom. The second kappa shape index (κ2) is 5.07. The number of hydrogen-bond donors (Lipinski definition) is 0.